The molecule has 0 aromatic heterocycles. The molecular formula is C17H35N5. The second kappa shape index (κ2) is 8.73. The lowest BCUT2D eigenvalue weighted by atomic mass is 10.00. The molecule has 0 aromatic rings. The molecule has 2 aliphatic rings. The third kappa shape index (κ3) is 5.13. The van der Waals surface area contributed by atoms with Gasteiger partial charge >= 0.3 is 0 Å². The van der Waals surface area contributed by atoms with Gasteiger partial charge in [0, 0.05) is 51.9 Å². The van der Waals surface area contributed by atoms with Gasteiger partial charge in [-0.05, 0) is 39.7 Å². The second-order valence-corrected chi connectivity index (χ2v) is 7.05. The molecule has 2 fully saturated rings. The Hall–Kier alpha value is -0.810. The SMILES string of the molecule is CCNC(=NCC(C)N1CCN(C)CC1)N1CCC(C)CC1. The van der Waals surface area contributed by atoms with Crippen LogP contribution in [0.5, 0.6) is 0 Å². The Labute approximate surface area is 136 Å². The Morgan fingerprint density at radius 2 is 1.77 bits per heavy atom. The van der Waals surface area contributed by atoms with Crippen LogP contribution in [0.4, 0.5) is 0 Å². The van der Waals surface area contributed by atoms with Crippen molar-refractivity contribution in [2.75, 3.05) is 59.4 Å². The average molecular weight is 310 g/mol. The Kier molecular flexibility index (Phi) is 6.96. The zero-order chi connectivity index (χ0) is 15.9. The number of likely N-dealkylation sites (N-methyl/N-ethyl adjacent to an activating group) is 1. The van der Waals surface area contributed by atoms with E-state index in [1.165, 1.54) is 39.0 Å². The van der Waals surface area contributed by atoms with E-state index in [1.807, 2.05) is 0 Å². The fraction of sp³-hybridized carbons (Fsp3) is 0.941. The molecule has 0 amide bonds. The molecule has 5 nitrogen and oxygen atoms in total. The van der Waals surface area contributed by atoms with Gasteiger partial charge in [0.2, 0.25) is 0 Å². The molecule has 1 N–H and O–H groups in total. The lowest BCUT2D eigenvalue weighted by molar-refractivity contribution is 0.122. The maximum atomic E-state index is 4.93. The fourth-order valence-electron chi connectivity index (χ4n) is 3.24. The van der Waals surface area contributed by atoms with Gasteiger partial charge in [0.25, 0.3) is 0 Å². The zero-order valence-electron chi connectivity index (χ0n) is 15.0. The van der Waals surface area contributed by atoms with Crippen molar-refractivity contribution >= 4 is 5.96 Å². The Morgan fingerprint density at radius 1 is 1.14 bits per heavy atom. The first-order valence-electron chi connectivity index (χ1n) is 9.06. The number of nitrogens with zero attached hydrogens (tertiary/aromatic N) is 4. The zero-order valence-corrected chi connectivity index (χ0v) is 15.0. The first-order chi connectivity index (χ1) is 10.6. The molecule has 1 atom stereocenters. The minimum atomic E-state index is 0.533. The number of piperazine rings is 1. The van der Waals surface area contributed by atoms with Gasteiger partial charge in [0.15, 0.2) is 5.96 Å². The summed E-state index contributed by atoms with van der Waals surface area (Å²) in [6.07, 6.45) is 2.58. The minimum Gasteiger partial charge on any atom is -0.357 e. The number of hydrogen-bond donors (Lipinski definition) is 1. The summed E-state index contributed by atoms with van der Waals surface area (Å²) in [4.78, 5) is 12.4. The van der Waals surface area contributed by atoms with E-state index >= 15 is 0 Å². The molecule has 0 saturated carbocycles. The number of piperidine rings is 1. The van der Waals surface area contributed by atoms with E-state index in [1.54, 1.807) is 0 Å². The second-order valence-electron chi connectivity index (χ2n) is 7.05. The molecule has 128 valence electrons. The maximum absolute atomic E-state index is 4.93. The van der Waals surface area contributed by atoms with E-state index in [2.05, 4.69) is 47.8 Å². The number of guanidine groups is 1. The first-order valence-corrected chi connectivity index (χ1v) is 9.06. The molecule has 5 heteroatoms. The summed E-state index contributed by atoms with van der Waals surface area (Å²) in [5, 5.41) is 3.48. The quantitative estimate of drug-likeness (QED) is 0.627. The van der Waals surface area contributed by atoms with Gasteiger partial charge in [0.1, 0.15) is 0 Å². The van der Waals surface area contributed by atoms with Crippen molar-refractivity contribution in [2.45, 2.75) is 39.7 Å². The summed E-state index contributed by atoms with van der Waals surface area (Å²) in [5.74, 6) is 1.98. The summed E-state index contributed by atoms with van der Waals surface area (Å²) in [6.45, 7) is 15.7. The Morgan fingerprint density at radius 3 is 2.36 bits per heavy atom. The number of nitrogens with one attached hydrogen (secondary N) is 1. The van der Waals surface area contributed by atoms with Crippen molar-refractivity contribution in [2.24, 2.45) is 10.9 Å². The smallest absolute Gasteiger partial charge is 0.193 e. The van der Waals surface area contributed by atoms with Gasteiger partial charge in [-0.1, -0.05) is 6.92 Å². The highest BCUT2D eigenvalue weighted by atomic mass is 15.3. The third-order valence-corrected chi connectivity index (χ3v) is 5.08. The highest BCUT2D eigenvalue weighted by Gasteiger charge is 2.21. The van der Waals surface area contributed by atoms with Gasteiger partial charge in [-0.15, -0.1) is 0 Å². The number of hydrogen-bond acceptors (Lipinski definition) is 3. The number of rotatable bonds is 4. The van der Waals surface area contributed by atoms with Crippen molar-refractivity contribution < 1.29 is 0 Å². The fourth-order valence-corrected chi connectivity index (χ4v) is 3.24. The van der Waals surface area contributed by atoms with Crippen molar-refractivity contribution in [3.8, 4) is 0 Å². The molecule has 2 heterocycles. The molecule has 2 saturated heterocycles. The predicted molar refractivity (Wildman–Crippen MR) is 94.5 cm³/mol. The summed E-state index contributed by atoms with van der Waals surface area (Å²) in [5.41, 5.74) is 0. The van der Waals surface area contributed by atoms with Crippen LogP contribution < -0.4 is 5.32 Å². The van der Waals surface area contributed by atoms with E-state index in [9.17, 15) is 0 Å². The Balaban J connectivity index is 1.86. The normalized spacial score (nSPS) is 24.5. The van der Waals surface area contributed by atoms with Crippen LogP contribution >= 0.6 is 0 Å². The molecule has 0 spiro atoms. The van der Waals surface area contributed by atoms with Crippen LogP contribution in [0, 0.1) is 5.92 Å². The van der Waals surface area contributed by atoms with Crippen LogP contribution in [0.2, 0.25) is 0 Å². The molecule has 1 unspecified atom stereocenters. The lowest BCUT2D eigenvalue weighted by Crippen LogP contribution is -2.50. The predicted octanol–water partition coefficient (Wildman–Crippen LogP) is 1.32. The van der Waals surface area contributed by atoms with Crippen molar-refractivity contribution in [3.63, 3.8) is 0 Å². The number of likely N-dealkylation sites (tertiary alicyclic amines) is 1. The highest BCUT2D eigenvalue weighted by Crippen LogP contribution is 2.16. The largest absolute Gasteiger partial charge is 0.357 e. The maximum Gasteiger partial charge on any atom is 0.193 e. The van der Waals surface area contributed by atoms with E-state index in [-0.39, 0.29) is 0 Å². The van der Waals surface area contributed by atoms with Gasteiger partial charge in [-0.25, -0.2) is 0 Å². The minimum absolute atomic E-state index is 0.533. The van der Waals surface area contributed by atoms with E-state index in [4.69, 9.17) is 4.99 Å². The van der Waals surface area contributed by atoms with Crippen molar-refractivity contribution in [3.05, 3.63) is 0 Å². The van der Waals surface area contributed by atoms with Crippen LogP contribution in [0.1, 0.15) is 33.6 Å². The van der Waals surface area contributed by atoms with Crippen LogP contribution in [0.25, 0.3) is 0 Å². The monoisotopic (exact) mass is 309 g/mol. The van der Waals surface area contributed by atoms with Gasteiger partial charge < -0.3 is 15.1 Å². The van der Waals surface area contributed by atoms with E-state index in [0.29, 0.717) is 6.04 Å². The van der Waals surface area contributed by atoms with Gasteiger partial charge in [-0.2, -0.15) is 0 Å². The Bertz CT molecular complexity index is 341. The summed E-state index contributed by atoms with van der Waals surface area (Å²) >= 11 is 0. The van der Waals surface area contributed by atoms with Gasteiger partial charge in [-0.3, -0.25) is 9.89 Å². The lowest BCUT2D eigenvalue weighted by Gasteiger charge is -2.36. The van der Waals surface area contributed by atoms with Gasteiger partial charge in [0.05, 0.1) is 6.54 Å². The third-order valence-electron chi connectivity index (χ3n) is 5.08. The molecule has 0 bridgehead atoms. The van der Waals surface area contributed by atoms with Crippen LogP contribution in [-0.4, -0.2) is 86.1 Å². The molecule has 2 aliphatic heterocycles. The topological polar surface area (TPSA) is 34.1 Å². The van der Waals surface area contributed by atoms with Crippen LogP contribution in [-0.2, 0) is 0 Å². The molecule has 0 aromatic carbocycles. The highest BCUT2D eigenvalue weighted by molar-refractivity contribution is 5.80. The van der Waals surface area contributed by atoms with Crippen LogP contribution in [0.15, 0.2) is 4.99 Å². The average Bonchev–Trinajstić information content (AvgIpc) is 2.53. The molecule has 22 heavy (non-hydrogen) atoms. The molecular weight excluding hydrogens is 274 g/mol. The number of aliphatic imine (C=N–C) groups is 1. The van der Waals surface area contributed by atoms with E-state index in [0.717, 1.165) is 38.1 Å². The summed E-state index contributed by atoms with van der Waals surface area (Å²) < 4.78 is 0. The van der Waals surface area contributed by atoms with Crippen molar-refractivity contribution in [1.29, 1.82) is 0 Å². The molecule has 0 aliphatic carbocycles. The molecule has 0 radical (unpaired) electrons. The summed E-state index contributed by atoms with van der Waals surface area (Å²) in [7, 11) is 2.21. The summed E-state index contributed by atoms with van der Waals surface area (Å²) in [6, 6.07) is 0.533. The molecule has 2 rings (SSSR count). The first kappa shape index (κ1) is 17.5. The van der Waals surface area contributed by atoms with Crippen molar-refractivity contribution in [1.82, 2.24) is 20.0 Å². The standard InChI is InChI=1S/C17H35N5/c1-5-18-17(22-8-6-15(2)7-9-22)19-14-16(3)21-12-10-20(4)11-13-21/h15-16H,5-14H2,1-4H3,(H,18,19). The van der Waals surface area contributed by atoms with E-state index < -0.39 is 0 Å². The van der Waals surface area contributed by atoms with Crippen LogP contribution in [0.3, 0.4) is 0 Å².